The minimum absolute atomic E-state index is 0.342. The fourth-order valence-corrected chi connectivity index (χ4v) is 2.80. The van der Waals surface area contributed by atoms with Crippen molar-refractivity contribution in [2.75, 3.05) is 0 Å². The van der Waals surface area contributed by atoms with Crippen LogP contribution in [-0.4, -0.2) is 33.3 Å². The third kappa shape index (κ3) is 1.33. The molecule has 0 spiro atoms. The molecule has 1 aromatic rings. The quantitative estimate of drug-likeness (QED) is 0.677. The molecule has 88 valence electrons. The molecular weight excluding hydrogens is 206 g/mol. The highest BCUT2D eigenvalue weighted by atomic mass is 16.3. The summed E-state index contributed by atoms with van der Waals surface area (Å²) in [6.07, 6.45) is 1.30. The van der Waals surface area contributed by atoms with E-state index in [1.165, 1.54) is 0 Å². The summed E-state index contributed by atoms with van der Waals surface area (Å²) in [7, 11) is 1.86. The van der Waals surface area contributed by atoms with Gasteiger partial charge in [-0.3, -0.25) is 4.79 Å². The standard InChI is InChI=1S/C12H17NO3/c1-12(2)10-8(4-9(15)11(12)16)7(6-14)5-13(10)3/h5-6,9,11,15-16H,4H2,1-3H3. The number of carbonyl (C=O) groups is 1. The second-order valence-corrected chi connectivity index (χ2v) is 5.08. The summed E-state index contributed by atoms with van der Waals surface area (Å²) in [5.74, 6) is 0. The van der Waals surface area contributed by atoms with E-state index in [1.807, 2.05) is 25.5 Å². The van der Waals surface area contributed by atoms with Gasteiger partial charge >= 0.3 is 0 Å². The average molecular weight is 223 g/mol. The summed E-state index contributed by atoms with van der Waals surface area (Å²) >= 11 is 0. The van der Waals surface area contributed by atoms with E-state index < -0.39 is 17.6 Å². The summed E-state index contributed by atoms with van der Waals surface area (Å²) in [5.41, 5.74) is 1.87. The molecule has 2 atom stereocenters. The SMILES string of the molecule is Cn1cc(C=O)c2c1C(C)(C)C(O)C(O)C2. The molecule has 2 N–H and O–H groups in total. The fourth-order valence-electron chi connectivity index (χ4n) is 2.80. The Kier molecular flexibility index (Phi) is 2.44. The summed E-state index contributed by atoms with van der Waals surface area (Å²) in [5, 5.41) is 19.8. The minimum Gasteiger partial charge on any atom is -0.390 e. The van der Waals surface area contributed by atoms with Gasteiger partial charge in [-0.1, -0.05) is 13.8 Å². The van der Waals surface area contributed by atoms with Gasteiger partial charge in [0.15, 0.2) is 6.29 Å². The Balaban J connectivity index is 2.66. The Morgan fingerprint density at radius 3 is 2.69 bits per heavy atom. The molecule has 1 heterocycles. The lowest BCUT2D eigenvalue weighted by Crippen LogP contribution is -2.48. The summed E-state index contributed by atoms with van der Waals surface area (Å²) in [6, 6.07) is 0. The highest BCUT2D eigenvalue weighted by Gasteiger charge is 2.43. The van der Waals surface area contributed by atoms with Crippen molar-refractivity contribution in [2.45, 2.75) is 37.9 Å². The van der Waals surface area contributed by atoms with Crippen molar-refractivity contribution in [1.82, 2.24) is 4.57 Å². The zero-order valence-electron chi connectivity index (χ0n) is 9.77. The zero-order valence-corrected chi connectivity index (χ0v) is 9.77. The number of fused-ring (bicyclic) bond motifs is 1. The number of carbonyl (C=O) groups excluding carboxylic acids is 1. The topological polar surface area (TPSA) is 62.5 Å². The van der Waals surface area contributed by atoms with Gasteiger partial charge in [0.1, 0.15) is 0 Å². The number of aldehydes is 1. The van der Waals surface area contributed by atoms with Gasteiger partial charge in [0.25, 0.3) is 0 Å². The molecule has 4 heteroatoms. The largest absolute Gasteiger partial charge is 0.390 e. The van der Waals surface area contributed by atoms with E-state index in [4.69, 9.17) is 0 Å². The number of hydrogen-bond acceptors (Lipinski definition) is 3. The number of aliphatic hydroxyl groups is 2. The van der Waals surface area contributed by atoms with E-state index in [2.05, 4.69) is 0 Å². The smallest absolute Gasteiger partial charge is 0.151 e. The van der Waals surface area contributed by atoms with Crippen molar-refractivity contribution in [2.24, 2.45) is 7.05 Å². The maximum Gasteiger partial charge on any atom is 0.151 e. The maximum absolute atomic E-state index is 10.9. The van der Waals surface area contributed by atoms with Gasteiger partial charge in [-0.05, 0) is 5.56 Å². The van der Waals surface area contributed by atoms with Crippen molar-refractivity contribution in [1.29, 1.82) is 0 Å². The van der Waals surface area contributed by atoms with Crippen molar-refractivity contribution in [3.05, 3.63) is 23.0 Å². The second-order valence-electron chi connectivity index (χ2n) is 5.08. The van der Waals surface area contributed by atoms with Gasteiger partial charge in [0.2, 0.25) is 0 Å². The van der Waals surface area contributed by atoms with Crippen LogP contribution in [0.25, 0.3) is 0 Å². The number of hydrogen-bond donors (Lipinski definition) is 2. The lowest BCUT2D eigenvalue weighted by Gasteiger charge is -2.39. The summed E-state index contributed by atoms with van der Waals surface area (Å²) in [4.78, 5) is 10.9. The first-order valence-corrected chi connectivity index (χ1v) is 5.39. The predicted octanol–water partition coefficient (Wildman–Crippen LogP) is 0.393. The molecule has 0 aliphatic heterocycles. The first kappa shape index (κ1) is 11.4. The highest BCUT2D eigenvalue weighted by Crippen LogP contribution is 2.38. The van der Waals surface area contributed by atoms with Gasteiger partial charge in [0, 0.05) is 36.3 Å². The number of aryl methyl sites for hydroxylation is 1. The van der Waals surface area contributed by atoms with E-state index in [0.29, 0.717) is 12.0 Å². The maximum atomic E-state index is 10.9. The average Bonchev–Trinajstić information content (AvgIpc) is 2.52. The highest BCUT2D eigenvalue weighted by molar-refractivity contribution is 5.78. The Morgan fingerprint density at radius 2 is 2.12 bits per heavy atom. The van der Waals surface area contributed by atoms with Crippen LogP contribution in [0.3, 0.4) is 0 Å². The van der Waals surface area contributed by atoms with Crippen LogP contribution >= 0.6 is 0 Å². The Labute approximate surface area is 94.5 Å². The monoisotopic (exact) mass is 223 g/mol. The summed E-state index contributed by atoms with van der Waals surface area (Å²) < 4.78 is 1.87. The third-order valence-corrected chi connectivity index (χ3v) is 3.57. The lowest BCUT2D eigenvalue weighted by atomic mass is 9.72. The van der Waals surface area contributed by atoms with Gasteiger partial charge in [0.05, 0.1) is 12.2 Å². The first-order valence-electron chi connectivity index (χ1n) is 5.39. The normalized spacial score (nSPS) is 27.6. The fraction of sp³-hybridized carbons (Fsp3) is 0.583. The van der Waals surface area contributed by atoms with Crippen molar-refractivity contribution >= 4 is 6.29 Å². The van der Waals surface area contributed by atoms with Gasteiger partial charge < -0.3 is 14.8 Å². The molecule has 0 aromatic carbocycles. The molecular formula is C12H17NO3. The number of aliphatic hydroxyl groups excluding tert-OH is 2. The van der Waals surface area contributed by atoms with E-state index in [-0.39, 0.29) is 0 Å². The molecule has 1 aliphatic carbocycles. The Bertz CT molecular complexity index is 434. The first-order chi connectivity index (χ1) is 7.39. The molecule has 16 heavy (non-hydrogen) atoms. The van der Waals surface area contributed by atoms with Crippen LogP contribution in [0.4, 0.5) is 0 Å². The number of rotatable bonds is 1. The molecule has 0 fully saturated rings. The van der Waals surface area contributed by atoms with Crippen molar-refractivity contribution in [3.8, 4) is 0 Å². The molecule has 4 nitrogen and oxygen atoms in total. The van der Waals surface area contributed by atoms with Crippen molar-refractivity contribution in [3.63, 3.8) is 0 Å². The van der Waals surface area contributed by atoms with Crippen LogP contribution in [0.5, 0.6) is 0 Å². The number of aromatic nitrogens is 1. The van der Waals surface area contributed by atoms with E-state index in [9.17, 15) is 15.0 Å². The number of nitrogens with zero attached hydrogens (tertiary/aromatic N) is 1. The minimum atomic E-state index is -0.802. The molecule has 0 saturated carbocycles. The van der Waals surface area contributed by atoms with E-state index >= 15 is 0 Å². The Hall–Kier alpha value is -1.13. The second kappa shape index (κ2) is 3.43. The lowest BCUT2D eigenvalue weighted by molar-refractivity contribution is -0.0321. The third-order valence-electron chi connectivity index (χ3n) is 3.57. The molecule has 0 radical (unpaired) electrons. The van der Waals surface area contributed by atoms with E-state index in [0.717, 1.165) is 17.5 Å². The molecule has 0 bridgehead atoms. The van der Waals surface area contributed by atoms with Crippen molar-refractivity contribution < 1.29 is 15.0 Å². The van der Waals surface area contributed by atoms with Crippen LogP contribution in [0.1, 0.15) is 35.5 Å². The molecule has 0 amide bonds. The van der Waals surface area contributed by atoms with Gasteiger partial charge in [-0.15, -0.1) is 0 Å². The van der Waals surface area contributed by atoms with Crippen LogP contribution in [0.15, 0.2) is 6.20 Å². The van der Waals surface area contributed by atoms with Gasteiger partial charge in [-0.25, -0.2) is 0 Å². The van der Waals surface area contributed by atoms with Crippen LogP contribution in [0, 0.1) is 0 Å². The Morgan fingerprint density at radius 1 is 1.50 bits per heavy atom. The zero-order chi connectivity index (χ0) is 12.1. The molecule has 2 unspecified atom stereocenters. The predicted molar refractivity (Wildman–Crippen MR) is 59.5 cm³/mol. The van der Waals surface area contributed by atoms with Gasteiger partial charge in [-0.2, -0.15) is 0 Å². The van der Waals surface area contributed by atoms with Crippen LogP contribution in [0.2, 0.25) is 0 Å². The summed E-state index contributed by atoms with van der Waals surface area (Å²) in [6.45, 7) is 3.76. The van der Waals surface area contributed by atoms with E-state index in [1.54, 1.807) is 6.20 Å². The molecule has 0 saturated heterocycles. The molecule has 2 rings (SSSR count). The van der Waals surface area contributed by atoms with Crippen LogP contribution < -0.4 is 0 Å². The molecule has 1 aliphatic rings. The van der Waals surface area contributed by atoms with Crippen LogP contribution in [-0.2, 0) is 18.9 Å². The molecule has 1 aromatic heterocycles.